The molecular weight excluding hydrogens is 182 g/mol. The van der Waals surface area contributed by atoms with Gasteiger partial charge in [0.1, 0.15) is 5.60 Å². The summed E-state index contributed by atoms with van der Waals surface area (Å²) in [5.74, 6) is 0.416. The molecule has 14 heavy (non-hydrogen) atoms. The molecule has 2 atom stereocenters. The molecule has 0 bridgehead atoms. The Labute approximate surface area is 82.3 Å². The quantitative estimate of drug-likeness (QED) is 0.614. The zero-order chi connectivity index (χ0) is 10.2. The van der Waals surface area contributed by atoms with E-state index in [0.717, 1.165) is 13.0 Å². The predicted molar refractivity (Wildman–Crippen MR) is 49.4 cm³/mol. The van der Waals surface area contributed by atoms with Gasteiger partial charge in [-0.15, -0.1) is 10.2 Å². The van der Waals surface area contributed by atoms with Crippen LogP contribution in [0, 0.1) is 0 Å². The Morgan fingerprint density at radius 3 is 3.00 bits per heavy atom. The molecular formula is C8H15N5O. The first-order valence-electron chi connectivity index (χ1n) is 4.83. The second-order valence-electron chi connectivity index (χ2n) is 3.81. The number of hydrogen-bond donors (Lipinski definition) is 2. The first-order chi connectivity index (χ1) is 6.63. The summed E-state index contributed by atoms with van der Waals surface area (Å²) < 4.78 is 0. The predicted octanol–water partition coefficient (Wildman–Crippen LogP) is -0.830. The van der Waals surface area contributed by atoms with Crippen LogP contribution >= 0.6 is 0 Å². The third-order valence-electron chi connectivity index (χ3n) is 2.80. The summed E-state index contributed by atoms with van der Waals surface area (Å²) in [4.78, 5) is 1.37. The molecule has 6 heteroatoms. The normalized spacial score (nSPS) is 33.2. The molecule has 2 N–H and O–H groups in total. The standard InChI is InChI=1S/C8H15N5O/c1-6-8(14,4-3-5-9-6)7-10-12-13(2)11-7/h6,9,14H,3-5H2,1-2H3. The molecule has 1 aliphatic heterocycles. The molecule has 6 nitrogen and oxygen atoms in total. The van der Waals surface area contributed by atoms with Crippen LogP contribution in [0.5, 0.6) is 0 Å². The molecule has 2 unspecified atom stereocenters. The maximum atomic E-state index is 10.4. The van der Waals surface area contributed by atoms with Crippen molar-refractivity contribution < 1.29 is 5.11 Å². The molecule has 0 aromatic carbocycles. The minimum absolute atomic E-state index is 0.0274. The van der Waals surface area contributed by atoms with Crippen molar-refractivity contribution in [2.45, 2.75) is 31.4 Å². The van der Waals surface area contributed by atoms with Crippen LogP contribution in [-0.4, -0.2) is 37.9 Å². The van der Waals surface area contributed by atoms with Crippen molar-refractivity contribution in [3.63, 3.8) is 0 Å². The van der Waals surface area contributed by atoms with Gasteiger partial charge in [0.2, 0.25) is 5.82 Å². The number of rotatable bonds is 1. The van der Waals surface area contributed by atoms with E-state index >= 15 is 0 Å². The van der Waals surface area contributed by atoms with Gasteiger partial charge in [-0.05, 0) is 31.5 Å². The molecule has 0 radical (unpaired) electrons. The van der Waals surface area contributed by atoms with Gasteiger partial charge in [0.15, 0.2) is 0 Å². The lowest BCUT2D eigenvalue weighted by Crippen LogP contribution is -2.51. The summed E-state index contributed by atoms with van der Waals surface area (Å²) in [6, 6.07) is -0.0274. The maximum absolute atomic E-state index is 10.4. The lowest BCUT2D eigenvalue weighted by Gasteiger charge is -2.36. The van der Waals surface area contributed by atoms with Crippen molar-refractivity contribution in [3.8, 4) is 0 Å². The van der Waals surface area contributed by atoms with E-state index in [4.69, 9.17) is 0 Å². The van der Waals surface area contributed by atoms with Crippen LogP contribution in [-0.2, 0) is 12.6 Å². The second kappa shape index (κ2) is 3.29. The van der Waals surface area contributed by atoms with Crippen LogP contribution in [0.15, 0.2) is 0 Å². The second-order valence-corrected chi connectivity index (χ2v) is 3.81. The highest BCUT2D eigenvalue weighted by Gasteiger charge is 2.41. The largest absolute Gasteiger partial charge is 0.380 e. The number of nitrogens with zero attached hydrogens (tertiary/aromatic N) is 4. The molecule has 0 spiro atoms. The number of tetrazole rings is 1. The summed E-state index contributed by atoms with van der Waals surface area (Å²) >= 11 is 0. The Bertz CT molecular complexity index is 325. The first kappa shape index (κ1) is 9.54. The summed E-state index contributed by atoms with van der Waals surface area (Å²) in [6.45, 7) is 2.87. The van der Waals surface area contributed by atoms with Crippen LogP contribution in [0.3, 0.4) is 0 Å². The summed E-state index contributed by atoms with van der Waals surface area (Å²) in [5.41, 5.74) is -0.966. The number of aryl methyl sites for hydroxylation is 1. The van der Waals surface area contributed by atoms with Crippen molar-refractivity contribution in [2.24, 2.45) is 7.05 Å². The van der Waals surface area contributed by atoms with Crippen LogP contribution in [0.1, 0.15) is 25.6 Å². The van der Waals surface area contributed by atoms with E-state index in [2.05, 4.69) is 20.7 Å². The molecule has 0 amide bonds. The fourth-order valence-electron chi connectivity index (χ4n) is 1.82. The Morgan fingerprint density at radius 2 is 2.43 bits per heavy atom. The highest BCUT2D eigenvalue weighted by molar-refractivity contribution is 5.05. The van der Waals surface area contributed by atoms with Crippen molar-refractivity contribution >= 4 is 0 Å². The highest BCUT2D eigenvalue weighted by atomic mass is 16.3. The molecule has 78 valence electrons. The molecule has 1 aromatic heterocycles. The summed E-state index contributed by atoms with van der Waals surface area (Å²) in [7, 11) is 1.70. The van der Waals surface area contributed by atoms with E-state index < -0.39 is 5.60 Å². The van der Waals surface area contributed by atoms with Gasteiger partial charge in [0, 0.05) is 6.04 Å². The summed E-state index contributed by atoms with van der Waals surface area (Å²) in [6.07, 6.45) is 1.62. The SMILES string of the molecule is CC1NCCCC1(O)c1nnn(C)n1. The van der Waals surface area contributed by atoms with Crippen molar-refractivity contribution in [1.82, 2.24) is 25.5 Å². The minimum atomic E-state index is -0.966. The van der Waals surface area contributed by atoms with E-state index in [9.17, 15) is 5.11 Å². The number of aromatic nitrogens is 4. The lowest BCUT2D eigenvalue weighted by atomic mass is 9.86. The van der Waals surface area contributed by atoms with Crippen molar-refractivity contribution in [2.75, 3.05) is 6.54 Å². The van der Waals surface area contributed by atoms with Crippen LogP contribution in [0.25, 0.3) is 0 Å². The topological polar surface area (TPSA) is 75.9 Å². The minimum Gasteiger partial charge on any atom is -0.380 e. The maximum Gasteiger partial charge on any atom is 0.207 e. The average Bonchev–Trinajstić information content (AvgIpc) is 2.58. The zero-order valence-corrected chi connectivity index (χ0v) is 8.43. The molecule has 1 aromatic rings. The van der Waals surface area contributed by atoms with Gasteiger partial charge in [0.05, 0.1) is 7.05 Å². The molecule has 2 rings (SSSR count). The molecule has 0 aliphatic carbocycles. The number of piperidine rings is 1. The van der Waals surface area contributed by atoms with E-state index in [0.29, 0.717) is 12.2 Å². The average molecular weight is 197 g/mol. The van der Waals surface area contributed by atoms with Crippen LogP contribution < -0.4 is 5.32 Å². The first-order valence-corrected chi connectivity index (χ1v) is 4.83. The van der Waals surface area contributed by atoms with Crippen molar-refractivity contribution in [3.05, 3.63) is 5.82 Å². The monoisotopic (exact) mass is 197 g/mol. The highest BCUT2D eigenvalue weighted by Crippen LogP contribution is 2.29. The molecule has 2 heterocycles. The van der Waals surface area contributed by atoms with E-state index in [1.165, 1.54) is 4.80 Å². The van der Waals surface area contributed by atoms with E-state index in [-0.39, 0.29) is 6.04 Å². The Hall–Kier alpha value is -1.01. The third kappa shape index (κ3) is 1.40. The molecule has 1 saturated heterocycles. The smallest absolute Gasteiger partial charge is 0.207 e. The van der Waals surface area contributed by atoms with Crippen molar-refractivity contribution in [1.29, 1.82) is 0 Å². The van der Waals surface area contributed by atoms with Gasteiger partial charge in [0.25, 0.3) is 0 Å². The van der Waals surface area contributed by atoms with Gasteiger partial charge >= 0.3 is 0 Å². The number of aliphatic hydroxyl groups is 1. The van der Waals surface area contributed by atoms with Gasteiger partial charge < -0.3 is 10.4 Å². The fraction of sp³-hybridized carbons (Fsp3) is 0.875. The Balaban J connectivity index is 2.29. The van der Waals surface area contributed by atoms with Crippen LogP contribution in [0.4, 0.5) is 0 Å². The van der Waals surface area contributed by atoms with Gasteiger partial charge in [-0.2, -0.15) is 4.80 Å². The van der Waals surface area contributed by atoms with Gasteiger partial charge in [-0.3, -0.25) is 0 Å². The fourth-order valence-corrected chi connectivity index (χ4v) is 1.82. The van der Waals surface area contributed by atoms with Gasteiger partial charge in [-0.1, -0.05) is 0 Å². The Kier molecular flexibility index (Phi) is 2.24. The number of hydrogen-bond acceptors (Lipinski definition) is 5. The summed E-state index contributed by atoms with van der Waals surface area (Å²) in [5, 5.41) is 25.3. The Morgan fingerprint density at radius 1 is 1.64 bits per heavy atom. The van der Waals surface area contributed by atoms with E-state index in [1.807, 2.05) is 6.92 Å². The molecule has 1 aliphatic rings. The third-order valence-corrected chi connectivity index (χ3v) is 2.80. The molecule has 0 saturated carbocycles. The lowest BCUT2D eigenvalue weighted by molar-refractivity contribution is -0.0306. The molecule has 1 fully saturated rings. The van der Waals surface area contributed by atoms with Crippen LogP contribution in [0.2, 0.25) is 0 Å². The zero-order valence-electron chi connectivity index (χ0n) is 8.43. The number of nitrogens with one attached hydrogen (secondary N) is 1. The van der Waals surface area contributed by atoms with E-state index in [1.54, 1.807) is 7.05 Å². The van der Waals surface area contributed by atoms with Gasteiger partial charge in [-0.25, -0.2) is 0 Å².